The maximum atomic E-state index is 11.1. The smallest absolute Gasteiger partial charge is 0.260 e. The number of carbonyl (C=O) groups excluding carboxylic acids is 1. The van der Waals surface area contributed by atoms with E-state index in [4.69, 9.17) is 23.2 Å². The summed E-state index contributed by atoms with van der Waals surface area (Å²) in [6.07, 6.45) is 5.73. The fraction of sp³-hybridized carbons (Fsp3) is 0.571. The molecular formula is C7H9Cl2NO. The largest absolute Gasteiger partial charge is 0.330 e. The van der Waals surface area contributed by atoms with Crippen LogP contribution in [0.4, 0.5) is 0 Å². The summed E-state index contributed by atoms with van der Waals surface area (Å²) in [5, 5.41) is 2.49. The standard InChI is InChI=1S/C7H9Cl2NO/c8-7(9)4-2-1-3-5-10-6(7)11/h3,5H,1-2,4H2,(H,10,11)/b5-3-. The summed E-state index contributed by atoms with van der Waals surface area (Å²) < 4.78 is -1.25. The average molecular weight is 194 g/mol. The molecule has 4 heteroatoms. The van der Waals surface area contributed by atoms with Crippen molar-refractivity contribution < 1.29 is 4.79 Å². The number of carbonyl (C=O) groups is 1. The summed E-state index contributed by atoms with van der Waals surface area (Å²) in [6, 6.07) is 0. The maximum absolute atomic E-state index is 11.1. The number of rotatable bonds is 0. The molecule has 0 aromatic heterocycles. The molecule has 0 saturated carbocycles. The van der Waals surface area contributed by atoms with Gasteiger partial charge < -0.3 is 5.32 Å². The summed E-state index contributed by atoms with van der Waals surface area (Å²) in [6.45, 7) is 0. The molecule has 0 spiro atoms. The van der Waals surface area contributed by atoms with Crippen LogP contribution in [0.3, 0.4) is 0 Å². The zero-order valence-electron chi connectivity index (χ0n) is 5.94. The SMILES string of the molecule is O=C1N/C=C\CCCC1(Cl)Cl. The van der Waals surface area contributed by atoms with E-state index in [1.807, 2.05) is 6.08 Å². The van der Waals surface area contributed by atoms with Gasteiger partial charge >= 0.3 is 0 Å². The number of amides is 1. The van der Waals surface area contributed by atoms with Crippen LogP contribution in [0.25, 0.3) is 0 Å². The predicted molar refractivity (Wildman–Crippen MR) is 45.6 cm³/mol. The van der Waals surface area contributed by atoms with Gasteiger partial charge in [-0.2, -0.15) is 0 Å². The van der Waals surface area contributed by atoms with Gasteiger partial charge in [0.25, 0.3) is 5.91 Å². The molecule has 1 N–H and O–H groups in total. The van der Waals surface area contributed by atoms with Crippen LogP contribution in [0.15, 0.2) is 12.3 Å². The number of allylic oxidation sites excluding steroid dienone is 1. The van der Waals surface area contributed by atoms with E-state index in [9.17, 15) is 4.79 Å². The third-order valence-electron chi connectivity index (χ3n) is 1.53. The van der Waals surface area contributed by atoms with E-state index < -0.39 is 4.33 Å². The molecule has 0 radical (unpaired) electrons. The van der Waals surface area contributed by atoms with Crippen LogP contribution in [0.1, 0.15) is 19.3 Å². The lowest BCUT2D eigenvalue weighted by Gasteiger charge is -2.18. The van der Waals surface area contributed by atoms with E-state index in [1.54, 1.807) is 6.20 Å². The number of hydrogen-bond acceptors (Lipinski definition) is 1. The lowest BCUT2D eigenvalue weighted by Crippen LogP contribution is -2.36. The summed E-state index contributed by atoms with van der Waals surface area (Å²) in [5.74, 6) is -0.336. The fourth-order valence-electron chi connectivity index (χ4n) is 0.879. The van der Waals surface area contributed by atoms with Crippen molar-refractivity contribution in [3.63, 3.8) is 0 Å². The molecule has 0 aliphatic carbocycles. The first kappa shape index (κ1) is 8.88. The Bertz CT molecular complexity index is 189. The summed E-state index contributed by atoms with van der Waals surface area (Å²) in [4.78, 5) is 11.1. The van der Waals surface area contributed by atoms with Gasteiger partial charge in [-0.15, -0.1) is 0 Å². The van der Waals surface area contributed by atoms with Crippen molar-refractivity contribution in [2.24, 2.45) is 0 Å². The highest BCUT2D eigenvalue weighted by Gasteiger charge is 2.32. The molecule has 1 heterocycles. The number of alkyl halides is 2. The van der Waals surface area contributed by atoms with Crippen LogP contribution >= 0.6 is 23.2 Å². The van der Waals surface area contributed by atoms with Gasteiger partial charge in [-0.25, -0.2) is 0 Å². The van der Waals surface area contributed by atoms with Gasteiger partial charge in [0, 0.05) is 0 Å². The van der Waals surface area contributed by atoms with Gasteiger partial charge in [0.05, 0.1) is 0 Å². The molecule has 62 valence electrons. The second kappa shape index (κ2) is 3.46. The third-order valence-corrected chi connectivity index (χ3v) is 2.25. The van der Waals surface area contributed by atoms with Crippen LogP contribution < -0.4 is 5.32 Å². The fourth-order valence-corrected chi connectivity index (χ4v) is 1.26. The molecule has 0 atom stereocenters. The van der Waals surface area contributed by atoms with E-state index in [0.29, 0.717) is 6.42 Å². The van der Waals surface area contributed by atoms with Crippen molar-refractivity contribution in [3.05, 3.63) is 12.3 Å². The molecule has 0 unspecified atom stereocenters. The first-order chi connectivity index (χ1) is 5.13. The molecule has 0 fully saturated rings. The van der Waals surface area contributed by atoms with E-state index >= 15 is 0 Å². The molecule has 0 bridgehead atoms. The lowest BCUT2D eigenvalue weighted by atomic mass is 10.1. The van der Waals surface area contributed by atoms with Gasteiger partial charge in [0.2, 0.25) is 0 Å². The highest BCUT2D eigenvalue weighted by atomic mass is 35.5. The van der Waals surface area contributed by atoms with Crippen molar-refractivity contribution in [2.75, 3.05) is 0 Å². The molecule has 0 aromatic carbocycles. The minimum atomic E-state index is -1.25. The van der Waals surface area contributed by atoms with Crippen molar-refractivity contribution in [2.45, 2.75) is 23.6 Å². The minimum absolute atomic E-state index is 0.336. The van der Waals surface area contributed by atoms with Crippen molar-refractivity contribution in [1.29, 1.82) is 0 Å². The maximum Gasteiger partial charge on any atom is 0.260 e. The van der Waals surface area contributed by atoms with Gasteiger partial charge in [-0.05, 0) is 25.5 Å². The predicted octanol–water partition coefficient (Wildman–Crippen LogP) is 1.97. The van der Waals surface area contributed by atoms with Gasteiger partial charge in [-0.1, -0.05) is 29.3 Å². The number of hydrogen-bond donors (Lipinski definition) is 1. The van der Waals surface area contributed by atoms with Gasteiger partial charge in [-0.3, -0.25) is 4.79 Å². The van der Waals surface area contributed by atoms with E-state index in [0.717, 1.165) is 12.8 Å². The minimum Gasteiger partial charge on any atom is -0.330 e. The van der Waals surface area contributed by atoms with Gasteiger partial charge in [0.1, 0.15) is 0 Å². The second-order valence-corrected chi connectivity index (χ2v) is 3.96. The monoisotopic (exact) mass is 193 g/mol. The lowest BCUT2D eigenvalue weighted by molar-refractivity contribution is -0.121. The van der Waals surface area contributed by atoms with Crippen LogP contribution in [0.5, 0.6) is 0 Å². The highest BCUT2D eigenvalue weighted by molar-refractivity contribution is 6.58. The summed E-state index contributed by atoms with van der Waals surface area (Å²) in [7, 11) is 0. The Morgan fingerprint density at radius 1 is 1.55 bits per heavy atom. The molecule has 1 aliphatic rings. The van der Waals surface area contributed by atoms with E-state index in [-0.39, 0.29) is 5.91 Å². The van der Waals surface area contributed by atoms with Crippen LogP contribution in [-0.2, 0) is 4.79 Å². The Morgan fingerprint density at radius 3 is 3.00 bits per heavy atom. The first-order valence-electron chi connectivity index (χ1n) is 3.47. The normalized spacial score (nSPS) is 26.5. The molecule has 2 nitrogen and oxygen atoms in total. The molecule has 1 rings (SSSR count). The van der Waals surface area contributed by atoms with E-state index in [1.165, 1.54) is 0 Å². The molecular weight excluding hydrogens is 185 g/mol. The number of halogens is 2. The zero-order chi connectivity index (χ0) is 8.32. The molecule has 0 saturated heterocycles. The van der Waals surface area contributed by atoms with Crippen molar-refractivity contribution in [3.8, 4) is 0 Å². The Labute approximate surface area is 75.6 Å². The second-order valence-electron chi connectivity index (χ2n) is 2.47. The molecule has 11 heavy (non-hydrogen) atoms. The third kappa shape index (κ3) is 2.38. The Morgan fingerprint density at radius 2 is 2.27 bits per heavy atom. The van der Waals surface area contributed by atoms with Gasteiger partial charge in [0.15, 0.2) is 4.33 Å². The van der Waals surface area contributed by atoms with Crippen molar-refractivity contribution >= 4 is 29.1 Å². The number of nitrogens with one attached hydrogen (secondary N) is 1. The molecule has 1 amide bonds. The quantitative estimate of drug-likeness (QED) is 0.587. The topological polar surface area (TPSA) is 29.1 Å². The summed E-state index contributed by atoms with van der Waals surface area (Å²) in [5.41, 5.74) is 0. The highest BCUT2D eigenvalue weighted by Crippen LogP contribution is 2.28. The van der Waals surface area contributed by atoms with Crippen LogP contribution in [0, 0.1) is 0 Å². The van der Waals surface area contributed by atoms with Crippen LogP contribution in [-0.4, -0.2) is 10.2 Å². The zero-order valence-corrected chi connectivity index (χ0v) is 7.45. The van der Waals surface area contributed by atoms with Crippen LogP contribution in [0.2, 0.25) is 0 Å². The molecule has 0 aromatic rings. The van der Waals surface area contributed by atoms with Crippen molar-refractivity contribution in [1.82, 2.24) is 5.32 Å². The summed E-state index contributed by atoms with van der Waals surface area (Å²) >= 11 is 11.4. The Balaban J connectivity index is 2.67. The Kier molecular flexibility index (Phi) is 2.79. The van der Waals surface area contributed by atoms with E-state index in [2.05, 4.69) is 5.32 Å². The average Bonchev–Trinajstić information content (AvgIpc) is 1.93. The first-order valence-corrected chi connectivity index (χ1v) is 4.22. The Hall–Kier alpha value is -0.210. The molecule has 1 aliphatic heterocycles.